The van der Waals surface area contributed by atoms with Gasteiger partial charge in [0.2, 0.25) is 0 Å². The van der Waals surface area contributed by atoms with Gasteiger partial charge >= 0.3 is 6.18 Å². The van der Waals surface area contributed by atoms with Gasteiger partial charge in [-0.25, -0.2) is 4.98 Å². The SMILES string of the molecule is FC(F)(F)c1ccc(N2CCC(N3CCOC4(CCCC4)C3)CC2)nc1. The van der Waals surface area contributed by atoms with Gasteiger partial charge < -0.3 is 9.64 Å². The molecule has 4 nitrogen and oxygen atoms in total. The number of hydrogen-bond acceptors (Lipinski definition) is 4. The lowest BCUT2D eigenvalue weighted by atomic mass is 9.95. The summed E-state index contributed by atoms with van der Waals surface area (Å²) in [5.41, 5.74) is -0.601. The van der Waals surface area contributed by atoms with Crippen LogP contribution >= 0.6 is 0 Å². The molecule has 0 unspecified atom stereocenters. The van der Waals surface area contributed by atoms with Crippen LogP contribution in [-0.2, 0) is 10.9 Å². The molecule has 0 aromatic carbocycles. The fourth-order valence-electron chi connectivity index (χ4n) is 4.71. The van der Waals surface area contributed by atoms with E-state index in [1.165, 1.54) is 31.7 Å². The molecule has 2 aliphatic heterocycles. The van der Waals surface area contributed by atoms with Crippen molar-refractivity contribution in [3.05, 3.63) is 23.9 Å². The number of morpholine rings is 1. The Morgan fingerprint density at radius 2 is 1.81 bits per heavy atom. The Morgan fingerprint density at radius 3 is 2.42 bits per heavy atom. The lowest BCUT2D eigenvalue weighted by Gasteiger charge is -2.46. The van der Waals surface area contributed by atoms with Crippen molar-refractivity contribution in [1.29, 1.82) is 0 Å². The Morgan fingerprint density at radius 1 is 1.08 bits per heavy atom. The van der Waals surface area contributed by atoms with Crippen molar-refractivity contribution >= 4 is 5.82 Å². The third kappa shape index (κ3) is 3.69. The van der Waals surface area contributed by atoms with Gasteiger partial charge in [0.15, 0.2) is 0 Å². The lowest BCUT2D eigenvalue weighted by Crippen LogP contribution is -2.56. The van der Waals surface area contributed by atoms with Gasteiger partial charge in [-0.15, -0.1) is 0 Å². The summed E-state index contributed by atoms with van der Waals surface area (Å²) in [6.07, 6.45) is 3.56. The van der Waals surface area contributed by atoms with Crippen LogP contribution < -0.4 is 4.90 Å². The third-order valence-corrected chi connectivity index (χ3v) is 6.17. The number of anilines is 1. The molecule has 1 aromatic heterocycles. The number of nitrogens with zero attached hydrogens (tertiary/aromatic N) is 3. The van der Waals surface area contributed by atoms with Crippen LogP contribution in [0.25, 0.3) is 0 Å². The van der Waals surface area contributed by atoms with Crippen LogP contribution in [0.2, 0.25) is 0 Å². The molecule has 1 aromatic rings. The Labute approximate surface area is 152 Å². The maximum atomic E-state index is 12.7. The maximum absolute atomic E-state index is 12.7. The Hall–Kier alpha value is -1.34. The van der Waals surface area contributed by atoms with E-state index >= 15 is 0 Å². The van der Waals surface area contributed by atoms with Crippen molar-refractivity contribution in [2.24, 2.45) is 0 Å². The lowest BCUT2D eigenvalue weighted by molar-refractivity contribution is -0.137. The molecule has 26 heavy (non-hydrogen) atoms. The molecule has 1 saturated carbocycles. The van der Waals surface area contributed by atoms with Gasteiger partial charge in [0.1, 0.15) is 5.82 Å². The number of hydrogen-bond donors (Lipinski definition) is 0. The van der Waals surface area contributed by atoms with E-state index in [2.05, 4.69) is 14.8 Å². The second-order valence-corrected chi connectivity index (χ2v) is 7.83. The zero-order valence-electron chi connectivity index (χ0n) is 15.0. The van der Waals surface area contributed by atoms with Crippen molar-refractivity contribution in [1.82, 2.24) is 9.88 Å². The van der Waals surface area contributed by atoms with E-state index in [9.17, 15) is 13.2 Å². The second kappa shape index (κ2) is 7.00. The first-order valence-electron chi connectivity index (χ1n) is 9.61. The molecule has 7 heteroatoms. The highest BCUT2D eigenvalue weighted by Gasteiger charge is 2.41. The van der Waals surface area contributed by atoms with Gasteiger partial charge in [-0.3, -0.25) is 4.90 Å². The summed E-state index contributed by atoms with van der Waals surface area (Å²) in [4.78, 5) is 8.73. The summed E-state index contributed by atoms with van der Waals surface area (Å²) in [7, 11) is 0. The average molecular weight is 369 g/mol. The molecule has 2 saturated heterocycles. The maximum Gasteiger partial charge on any atom is 0.417 e. The molecule has 3 heterocycles. The van der Waals surface area contributed by atoms with E-state index in [4.69, 9.17) is 4.74 Å². The monoisotopic (exact) mass is 369 g/mol. The summed E-state index contributed by atoms with van der Waals surface area (Å²) < 4.78 is 44.1. The minimum absolute atomic E-state index is 0.0877. The molecule has 0 bridgehead atoms. The molecule has 1 aliphatic carbocycles. The Bertz CT molecular complexity index is 605. The molecule has 3 fully saturated rings. The van der Waals surface area contributed by atoms with E-state index in [-0.39, 0.29) is 5.60 Å². The summed E-state index contributed by atoms with van der Waals surface area (Å²) in [5, 5.41) is 0. The van der Waals surface area contributed by atoms with Crippen molar-refractivity contribution < 1.29 is 17.9 Å². The molecule has 0 atom stereocenters. The van der Waals surface area contributed by atoms with Gasteiger partial charge in [-0.1, -0.05) is 12.8 Å². The molecular weight excluding hydrogens is 343 g/mol. The Balaban J connectivity index is 1.34. The summed E-state index contributed by atoms with van der Waals surface area (Å²) in [6.45, 7) is 4.53. The van der Waals surface area contributed by atoms with Crippen LogP contribution in [0, 0.1) is 0 Å². The predicted molar refractivity (Wildman–Crippen MR) is 93.2 cm³/mol. The predicted octanol–water partition coefficient (Wildman–Crippen LogP) is 3.71. The van der Waals surface area contributed by atoms with Crippen LogP contribution in [0.5, 0.6) is 0 Å². The molecule has 0 radical (unpaired) electrons. The van der Waals surface area contributed by atoms with Gasteiger partial charge in [0.05, 0.1) is 17.8 Å². The third-order valence-electron chi connectivity index (χ3n) is 6.17. The van der Waals surface area contributed by atoms with Crippen LogP contribution in [0.3, 0.4) is 0 Å². The fraction of sp³-hybridized carbons (Fsp3) is 0.737. The number of alkyl halides is 3. The van der Waals surface area contributed by atoms with Crippen LogP contribution in [0.4, 0.5) is 19.0 Å². The largest absolute Gasteiger partial charge is 0.417 e. The number of piperidine rings is 1. The summed E-state index contributed by atoms with van der Waals surface area (Å²) in [5.74, 6) is 0.644. The first-order valence-corrected chi connectivity index (χ1v) is 9.61. The summed E-state index contributed by atoms with van der Waals surface area (Å²) >= 11 is 0. The molecule has 144 valence electrons. The minimum atomic E-state index is -4.33. The number of pyridine rings is 1. The van der Waals surface area contributed by atoms with E-state index in [1.54, 1.807) is 0 Å². The standard InChI is InChI=1S/C19H26F3N3O/c20-19(21,22)15-3-4-17(23-13-15)24-9-5-16(6-10-24)25-11-12-26-18(14-25)7-1-2-8-18/h3-4,13,16H,1-2,5-12,14H2. The van der Waals surface area contributed by atoms with Crippen LogP contribution in [-0.4, -0.2) is 54.3 Å². The number of aromatic nitrogens is 1. The van der Waals surface area contributed by atoms with Gasteiger partial charge in [-0.2, -0.15) is 13.2 Å². The first-order chi connectivity index (χ1) is 12.5. The van der Waals surface area contributed by atoms with E-state index in [0.29, 0.717) is 11.9 Å². The fourth-order valence-corrected chi connectivity index (χ4v) is 4.71. The zero-order valence-corrected chi connectivity index (χ0v) is 15.0. The molecule has 3 aliphatic rings. The molecular formula is C19H26F3N3O. The Kier molecular flexibility index (Phi) is 4.86. The molecule has 0 N–H and O–H groups in total. The second-order valence-electron chi connectivity index (χ2n) is 7.83. The topological polar surface area (TPSA) is 28.6 Å². The number of halogens is 3. The van der Waals surface area contributed by atoms with Crippen LogP contribution in [0.1, 0.15) is 44.1 Å². The highest BCUT2D eigenvalue weighted by Crippen LogP contribution is 2.37. The molecule has 0 amide bonds. The number of ether oxygens (including phenoxy) is 1. The zero-order chi connectivity index (χ0) is 18.2. The molecule has 1 spiro atoms. The van der Waals surface area contributed by atoms with Crippen molar-refractivity contribution in [2.75, 3.05) is 37.7 Å². The van der Waals surface area contributed by atoms with Crippen molar-refractivity contribution in [3.63, 3.8) is 0 Å². The first kappa shape index (κ1) is 18.0. The highest BCUT2D eigenvalue weighted by atomic mass is 19.4. The van der Waals surface area contributed by atoms with Gasteiger partial charge in [0.25, 0.3) is 0 Å². The molecule has 4 rings (SSSR count). The van der Waals surface area contributed by atoms with Gasteiger partial charge in [0, 0.05) is 38.4 Å². The smallest absolute Gasteiger partial charge is 0.372 e. The average Bonchev–Trinajstić information content (AvgIpc) is 3.09. The van der Waals surface area contributed by atoms with Crippen LogP contribution in [0.15, 0.2) is 18.3 Å². The quantitative estimate of drug-likeness (QED) is 0.795. The highest BCUT2D eigenvalue weighted by molar-refractivity contribution is 5.40. The van der Waals surface area contributed by atoms with E-state index in [0.717, 1.165) is 57.9 Å². The van der Waals surface area contributed by atoms with Gasteiger partial charge in [-0.05, 0) is 37.8 Å². The minimum Gasteiger partial charge on any atom is -0.372 e. The summed E-state index contributed by atoms with van der Waals surface area (Å²) in [6, 6.07) is 3.16. The number of rotatable bonds is 2. The normalized spacial score (nSPS) is 25.1. The van der Waals surface area contributed by atoms with E-state index < -0.39 is 11.7 Å². The van der Waals surface area contributed by atoms with E-state index in [1.807, 2.05) is 0 Å². The van der Waals surface area contributed by atoms with Crippen molar-refractivity contribution in [2.45, 2.75) is 56.3 Å². The van der Waals surface area contributed by atoms with Crippen molar-refractivity contribution in [3.8, 4) is 0 Å².